The molecule has 0 radical (unpaired) electrons. The Morgan fingerprint density at radius 2 is 2.05 bits per heavy atom. The zero-order valence-corrected chi connectivity index (χ0v) is 12.5. The summed E-state index contributed by atoms with van der Waals surface area (Å²) in [5.41, 5.74) is 0. The van der Waals surface area contributed by atoms with Gasteiger partial charge in [-0.3, -0.25) is 9.80 Å². The first-order chi connectivity index (χ1) is 9.29. The van der Waals surface area contributed by atoms with Crippen molar-refractivity contribution in [2.45, 2.75) is 56.8 Å². The van der Waals surface area contributed by atoms with Gasteiger partial charge in [0.2, 0.25) is 0 Å². The van der Waals surface area contributed by atoms with Crippen LogP contribution in [0, 0.1) is 0 Å². The summed E-state index contributed by atoms with van der Waals surface area (Å²) in [4.78, 5) is 5.45. The number of ether oxygens (including phenoxy) is 1. The van der Waals surface area contributed by atoms with Crippen LogP contribution in [0.1, 0.15) is 32.6 Å². The third-order valence-corrected chi connectivity index (χ3v) is 5.36. The second kappa shape index (κ2) is 6.08. The number of rotatable bonds is 2. The molecule has 3 aliphatic rings. The molecule has 3 rings (SSSR count). The Hall–Kier alpha value is -0.160. The second-order valence-corrected chi connectivity index (χ2v) is 6.52. The smallest absolute Gasteiger partial charge is 0.0637 e. The summed E-state index contributed by atoms with van der Waals surface area (Å²) >= 11 is 0. The lowest BCUT2D eigenvalue weighted by atomic mass is 9.93. The fourth-order valence-electron chi connectivity index (χ4n) is 4.22. The largest absolute Gasteiger partial charge is 0.380 e. The van der Waals surface area contributed by atoms with E-state index in [9.17, 15) is 0 Å². The number of fused-ring (bicyclic) bond motifs is 1. The number of nitrogens with zero attached hydrogens (tertiary/aromatic N) is 2. The van der Waals surface area contributed by atoms with Gasteiger partial charge in [0, 0.05) is 43.9 Å². The van der Waals surface area contributed by atoms with E-state index < -0.39 is 0 Å². The first-order valence-electron chi connectivity index (χ1n) is 8.04. The lowest BCUT2D eigenvalue weighted by Crippen LogP contribution is -2.65. The van der Waals surface area contributed by atoms with Crippen LogP contribution in [0.3, 0.4) is 0 Å². The van der Waals surface area contributed by atoms with Gasteiger partial charge < -0.3 is 10.1 Å². The molecular weight excluding hydrogens is 238 g/mol. The van der Waals surface area contributed by atoms with E-state index in [1.54, 1.807) is 0 Å². The number of piperidine rings is 1. The SMILES string of the molecule is CNC1CCOCC1N1CC2CCCCN2CC1C. The molecule has 4 nitrogen and oxygen atoms in total. The van der Waals surface area contributed by atoms with Crippen LogP contribution in [0.4, 0.5) is 0 Å². The van der Waals surface area contributed by atoms with Crippen LogP contribution in [-0.4, -0.2) is 73.9 Å². The minimum absolute atomic E-state index is 0.567. The number of hydrogen-bond donors (Lipinski definition) is 1. The van der Waals surface area contributed by atoms with Gasteiger partial charge in [-0.1, -0.05) is 6.42 Å². The van der Waals surface area contributed by atoms with E-state index in [0.717, 1.165) is 25.7 Å². The molecule has 0 aromatic rings. The third kappa shape index (κ3) is 2.82. The van der Waals surface area contributed by atoms with E-state index in [0.29, 0.717) is 18.1 Å². The Morgan fingerprint density at radius 1 is 1.16 bits per heavy atom. The van der Waals surface area contributed by atoms with Gasteiger partial charge in [-0.2, -0.15) is 0 Å². The van der Waals surface area contributed by atoms with Gasteiger partial charge in [0.15, 0.2) is 0 Å². The van der Waals surface area contributed by atoms with Crippen LogP contribution in [0.25, 0.3) is 0 Å². The molecule has 3 fully saturated rings. The van der Waals surface area contributed by atoms with Crippen molar-refractivity contribution in [2.24, 2.45) is 0 Å². The van der Waals surface area contributed by atoms with Gasteiger partial charge >= 0.3 is 0 Å². The normalized spacial score (nSPS) is 42.0. The van der Waals surface area contributed by atoms with Crippen molar-refractivity contribution in [3.8, 4) is 0 Å². The molecule has 110 valence electrons. The molecule has 4 heteroatoms. The van der Waals surface area contributed by atoms with Gasteiger partial charge in [-0.05, 0) is 39.8 Å². The van der Waals surface area contributed by atoms with Crippen LogP contribution < -0.4 is 5.32 Å². The standard InChI is InChI=1S/C15H29N3O/c1-12-9-17-7-4-3-5-13(17)10-18(12)15-11-19-8-6-14(15)16-2/h12-16H,3-11H2,1-2H3. The van der Waals surface area contributed by atoms with Gasteiger partial charge in [-0.15, -0.1) is 0 Å². The number of piperazine rings is 1. The first kappa shape index (κ1) is 13.8. The number of likely N-dealkylation sites (N-methyl/N-ethyl adjacent to an activating group) is 1. The summed E-state index contributed by atoms with van der Waals surface area (Å²) in [6.45, 7) is 8.03. The van der Waals surface area contributed by atoms with E-state index in [1.165, 1.54) is 38.9 Å². The van der Waals surface area contributed by atoms with Crippen LogP contribution in [0.2, 0.25) is 0 Å². The van der Waals surface area contributed by atoms with Crippen LogP contribution in [-0.2, 0) is 4.74 Å². The Bertz CT molecular complexity index is 299. The van der Waals surface area contributed by atoms with Gasteiger partial charge in [0.05, 0.1) is 6.61 Å². The van der Waals surface area contributed by atoms with Gasteiger partial charge in [-0.25, -0.2) is 0 Å². The van der Waals surface area contributed by atoms with Crippen molar-refractivity contribution in [1.82, 2.24) is 15.1 Å². The highest BCUT2D eigenvalue weighted by Gasteiger charge is 2.39. The zero-order chi connectivity index (χ0) is 13.2. The van der Waals surface area contributed by atoms with Gasteiger partial charge in [0.25, 0.3) is 0 Å². The molecule has 0 spiro atoms. The van der Waals surface area contributed by atoms with Crippen molar-refractivity contribution in [3.63, 3.8) is 0 Å². The Labute approximate surface area is 117 Å². The predicted octanol–water partition coefficient (Wildman–Crippen LogP) is 0.922. The van der Waals surface area contributed by atoms with Crippen molar-refractivity contribution in [2.75, 3.05) is 39.9 Å². The molecule has 0 aliphatic carbocycles. The summed E-state index contributed by atoms with van der Waals surface area (Å²) in [6.07, 6.45) is 5.36. The van der Waals surface area contributed by atoms with Crippen LogP contribution in [0.5, 0.6) is 0 Å². The quantitative estimate of drug-likeness (QED) is 0.805. The highest BCUT2D eigenvalue weighted by Crippen LogP contribution is 2.27. The summed E-state index contributed by atoms with van der Waals surface area (Å²) in [5.74, 6) is 0. The first-order valence-corrected chi connectivity index (χ1v) is 8.04. The van der Waals surface area contributed by atoms with Crippen LogP contribution >= 0.6 is 0 Å². The molecule has 0 aromatic carbocycles. The summed E-state index contributed by atoms with van der Waals surface area (Å²) < 4.78 is 5.76. The molecule has 4 atom stereocenters. The molecule has 1 N–H and O–H groups in total. The molecule has 4 unspecified atom stereocenters. The van der Waals surface area contributed by atoms with Crippen molar-refractivity contribution >= 4 is 0 Å². The topological polar surface area (TPSA) is 27.7 Å². The lowest BCUT2D eigenvalue weighted by molar-refractivity contribution is -0.0621. The fourth-order valence-corrected chi connectivity index (χ4v) is 4.22. The monoisotopic (exact) mass is 267 g/mol. The van der Waals surface area contributed by atoms with Crippen LogP contribution in [0.15, 0.2) is 0 Å². The molecule has 0 amide bonds. The maximum Gasteiger partial charge on any atom is 0.0637 e. The number of nitrogens with one attached hydrogen (secondary N) is 1. The molecule has 19 heavy (non-hydrogen) atoms. The highest BCUT2D eigenvalue weighted by molar-refractivity contribution is 4.96. The fraction of sp³-hybridized carbons (Fsp3) is 1.00. The molecular formula is C15H29N3O. The molecule has 3 aliphatic heterocycles. The molecule has 3 heterocycles. The van der Waals surface area contributed by atoms with Crippen molar-refractivity contribution < 1.29 is 4.74 Å². The Balaban J connectivity index is 1.68. The van der Waals surface area contributed by atoms with E-state index in [4.69, 9.17) is 4.74 Å². The van der Waals surface area contributed by atoms with E-state index in [1.807, 2.05) is 0 Å². The van der Waals surface area contributed by atoms with Crippen molar-refractivity contribution in [1.29, 1.82) is 0 Å². The minimum Gasteiger partial charge on any atom is -0.380 e. The van der Waals surface area contributed by atoms with Gasteiger partial charge in [0.1, 0.15) is 0 Å². The lowest BCUT2D eigenvalue weighted by Gasteiger charge is -2.52. The second-order valence-electron chi connectivity index (χ2n) is 6.52. The molecule has 0 saturated carbocycles. The third-order valence-electron chi connectivity index (χ3n) is 5.36. The maximum atomic E-state index is 5.76. The molecule has 0 aromatic heterocycles. The summed E-state index contributed by atoms with van der Waals surface area (Å²) in [5, 5.41) is 3.51. The average molecular weight is 267 g/mol. The Morgan fingerprint density at radius 3 is 2.89 bits per heavy atom. The number of hydrogen-bond acceptors (Lipinski definition) is 4. The van der Waals surface area contributed by atoms with E-state index >= 15 is 0 Å². The van der Waals surface area contributed by atoms with E-state index in [-0.39, 0.29) is 0 Å². The van der Waals surface area contributed by atoms with E-state index in [2.05, 4.69) is 29.1 Å². The summed E-state index contributed by atoms with van der Waals surface area (Å²) in [7, 11) is 2.10. The Kier molecular flexibility index (Phi) is 4.42. The zero-order valence-electron chi connectivity index (χ0n) is 12.5. The molecule has 0 bridgehead atoms. The predicted molar refractivity (Wildman–Crippen MR) is 77.5 cm³/mol. The van der Waals surface area contributed by atoms with Crippen molar-refractivity contribution in [3.05, 3.63) is 0 Å². The summed E-state index contributed by atoms with van der Waals surface area (Å²) in [6, 6.07) is 2.63. The highest BCUT2D eigenvalue weighted by atomic mass is 16.5. The minimum atomic E-state index is 0.567. The average Bonchev–Trinajstić information content (AvgIpc) is 2.46. The molecule has 3 saturated heterocycles. The maximum absolute atomic E-state index is 5.76.